The number of nitrogens with two attached hydrogens (primary N) is 1. The Bertz CT molecular complexity index is 732. The minimum atomic E-state index is -0.480. The van der Waals surface area contributed by atoms with Crippen LogP contribution in [0.4, 0.5) is 5.69 Å². The molecule has 26 heavy (non-hydrogen) atoms. The van der Waals surface area contributed by atoms with E-state index in [2.05, 4.69) is 5.32 Å². The van der Waals surface area contributed by atoms with Gasteiger partial charge >= 0.3 is 5.97 Å². The second-order valence-corrected chi connectivity index (χ2v) is 5.81. The molecule has 6 heteroatoms. The van der Waals surface area contributed by atoms with E-state index in [9.17, 15) is 9.59 Å². The van der Waals surface area contributed by atoms with Gasteiger partial charge in [-0.25, -0.2) is 4.79 Å². The molecule has 0 radical (unpaired) electrons. The maximum Gasteiger partial charge on any atom is 0.338 e. The van der Waals surface area contributed by atoms with Gasteiger partial charge < -0.3 is 20.5 Å². The molecule has 138 valence electrons. The summed E-state index contributed by atoms with van der Waals surface area (Å²) >= 11 is 0. The number of nitrogens with one attached hydrogen (secondary N) is 1. The predicted molar refractivity (Wildman–Crippen MR) is 99.8 cm³/mol. The standard InChI is InChI=1S/C20H24N2O4/c1-2-3-11-22-19(23)14-25-18-12-16(9-10-17(18)21)20(24)26-13-15-7-5-4-6-8-15/h4-10,12H,2-3,11,13-14,21H2,1H3,(H,22,23). The molecule has 0 fully saturated rings. The van der Waals surface area contributed by atoms with E-state index in [1.165, 1.54) is 6.07 Å². The molecule has 1 amide bonds. The van der Waals surface area contributed by atoms with E-state index in [1.54, 1.807) is 12.1 Å². The molecule has 0 bridgehead atoms. The number of unbranched alkanes of at least 4 members (excludes halogenated alkanes) is 1. The van der Waals surface area contributed by atoms with Crippen molar-refractivity contribution in [2.75, 3.05) is 18.9 Å². The topological polar surface area (TPSA) is 90.6 Å². The molecule has 0 heterocycles. The summed E-state index contributed by atoms with van der Waals surface area (Å²) in [6.45, 7) is 2.68. The van der Waals surface area contributed by atoms with Crippen molar-refractivity contribution in [3.63, 3.8) is 0 Å². The lowest BCUT2D eigenvalue weighted by atomic mass is 10.2. The highest BCUT2D eigenvalue weighted by Gasteiger charge is 2.12. The van der Waals surface area contributed by atoms with Crippen molar-refractivity contribution in [3.8, 4) is 5.75 Å². The van der Waals surface area contributed by atoms with Crippen LogP contribution >= 0.6 is 0 Å². The van der Waals surface area contributed by atoms with E-state index < -0.39 is 5.97 Å². The quantitative estimate of drug-likeness (QED) is 0.409. The van der Waals surface area contributed by atoms with Gasteiger partial charge in [0, 0.05) is 6.54 Å². The second-order valence-electron chi connectivity index (χ2n) is 5.81. The molecule has 0 saturated carbocycles. The average Bonchev–Trinajstić information content (AvgIpc) is 2.66. The molecule has 0 aliphatic carbocycles. The summed E-state index contributed by atoms with van der Waals surface area (Å²) in [7, 11) is 0. The van der Waals surface area contributed by atoms with Crippen LogP contribution in [0.3, 0.4) is 0 Å². The summed E-state index contributed by atoms with van der Waals surface area (Å²) in [5.74, 6) is -0.425. The first kappa shape index (κ1) is 19.3. The van der Waals surface area contributed by atoms with Gasteiger partial charge in [0.15, 0.2) is 6.61 Å². The second kappa shape index (κ2) is 10.1. The molecular weight excluding hydrogens is 332 g/mol. The van der Waals surface area contributed by atoms with Crippen LogP contribution in [0.25, 0.3) is 0 Å². The summed E-state index contributed by atoms with van der Waals surface area (Å²) in [5, 5.41) is 2.75. The first-order valence-electron chi connectivity index (χ1n) is 8.60. The molecule has 2 aromatic rings. The minimum absolute atomic E-state index is 0.156. The fraction of sp³-hybridized carbons (Fsp3) is 0.300. The minimum Gasteiger partial charge on any atom is -0.482 e. The molecule has 0 spiro atoms. The summed E-state index contributed by atoms with van der Waals surface area (Å²) in [4.78, 5) is 23.9. The number of benzene rings is 2. The molecule has 2 rings (SSSR count). The summed E-state index contributed by atoms with van der Waals surface area (Å²) in [6, 6.07) is 14.0. The van der Waals surface area contributed by atoms with Crippen LogP contribution in [0.2, 0.25) is 0 Å². The summed E-state index contributed by atoms with van der Waals surface area (Å²) in [6.07, 6.45) is 1.91. The molecule has 0 aliphatic heterocycles. The Hall–Kier alpha value is -3.02. The summed E-state index contributed by atoms with van der Waals surface area (Å²) < 4.78 is 10.7. The normalized spacial score (nSPS) is 10.2. The Morgan fingerprint density at radius 3 is 2.62 bits per heavy atom. The van der Waals surface area contributed by atoms with E-state index in [1.807, 2.05) is 37.3 Å². The number of esters is 1. The molecule has 3 N–H and O–H groups in total. The van der Waals surface area contributed by atoms with Crippen molar-refractivity contribution < 1.29 is 19.1 Å². The highest BCUT2D eigenvalue weighted by molar-refractivity contribution is 5.90. The number of carbonyl (C=O) groups is 2. The third-order valence-electron chi connectivity index (χ3n) is 3.67. The number of hydrogen-bond donors (Lipinski definition) is 2. The Morgan fingerprint density at radius 1 is 1.12 bits per heavy atom. The summed E-state index contributed by atoms with van der Waals surface area (Å²) in [5.41, 5.74) is 7.42. The van der Waals surface area contributed by atoms with Crippen LogP contribution in [0.1, 0.15) is 35.7 Å². The Labute approximate surface area is 153 Å². The fourth-order valence-electron chi connectivity index (χ4n) is 2.19. The molecule has 2 aromatic carbocycles. The third-order valence-corrected chi connectivity index (χ3v) is 3.67. The maximum absolute atomic E-state index is 12.2. The van der Waals surface area contributed by atoms with Gasteiger partial charge in [-0.05, 0) is 30.2 Å². The van der Waals surface area contributed by atoms with Crippen LogP contribution in [0, 0.1) is 0 Å². The number of carbonyl (C=O) groups excluding carboxylic acids is 2. The Kier molecular flexibility index (Phi) is 7.49. The van der Waals surface area contributed by atoms with Crippen molar-refractivity contribution in [1.29, 1.82) is 0 Å². The SMILES string of the molecule is CCCCNC(=O)COc1cc(C(=O)OCc2ccccc2)ccc1N. The number of nitrogen functional groups attached to an aromatic ring is 1. The Morgan fingerprint density at radius 2 is 1.88 bits per heavy atom. The zero-order valence-corrected chi connectivity index (χ0v) is 14.9. The molecule has 0 saturated heterocycles. The van der Waals surface area contributed by atoms with Gasteiger partial charge in [-0.2, -0.15) is 0 Å². The number of ether oxygens (including phenoxy) is 2. The van der Waals surface area contributed by atoms with Crippen LogP contribution in [-0.2, 0) is 16.1 Å². The Balaban J connectivity index is 1.91. The number of amides is 1. The van der Waals surface area contributed by atoms with Crippen molar-refractivity contribution in [3.05, 3.63) is 59.7 Å². The van der Waals surface area contributed by atoms with Crippen molar-refractivity contribution in [2.24, 2.45) is 0 Å². The van der Waals surface area contributed by atoms with Gasteiger partial charge in [0.1, 0.15) is 12.4 Å². The van der Waals surface area contributed by atoms with Crippen LogP contribution in [0.5, 0.6) is 5.75 Å². The number of rotatable bonds is 9. The lowest BCUT2D eigenvalue weighted by Crippen LogP contribution is -2.29. The predicted octanol–water partition coefficient (Wildman–Crippen LogP) is 2.92. The maximum atomic E-state index is 12.2. The van der Waals surface area contributed by atoms with E-state index in [4.69, 9.17) is 15.2 Å². The van der Waals surface area contributed by atoms with Crippen LogP contribution in [0.15, 0.2) is 48.5 Å². The van der Waals surface area contributed by atoms with Gasteiger partial charge in [0.2, 0.25) is 0 Å². The van der Waals surface area contributed by atoms with Crippen molar-refractivity contribution in [2.45, 2.75) is 26.4 Å². The van der Waals surface area contributed by atoms with E-state index in [-0.39, 0.29) is 24.9 Å². The first-order valence-corrected chi connectivity index (χ1v) is 8.60. The number of hydrogen-bond acceptors (Lipinski definition) is 5. The molecule has 0 atom stereocenters. The zero-order valence-electron chi connectivity index (χ0n) is 14.9. The van der Waals surface area contributed by atoms with Gasteiger partial charge in [0.05, 0.1) is 11.3 Å². The molecule has 0 aliphatic rings. The van der Waals surface area contributed by atoms with Crippen molar-refractivity contribution >= 4 is 17.6 Å². The van der Waals surface area contributed by atoms with Gasteiger partial charge in [0.25, 0.3) is 5.91 Å². The van der Waals surface area contributed by atoms with Crippen LogP contribution < -0.4 is 15.8 Å². The molecule has 6 nitrogen and oxygen atoms in total. The van der Waals surface area contributed by atoms with Crippen molar-refractivity contribution in [1.82, 2.24) is 5.32 Å². The molecular formula is C20H24N2O4. The highest BCUT2D eigenvalue weighted by Crippen LogP contribution is 2.23. The smallest absolute Gasteiger partial charge is 0.338 e. The third kappa shape index (κ3) is 6.12. The van der Waals surface area contributed by atoms with E-state index in [0.717, 1.165) is 18.4 Å². The fourth-order valence-corrected chi connectivity index (χ4v) is 2.19. The van der Waals surface area contributed by atoms with Gasteiger partial charge in [-0.1, -0.05) is 43.7 Å². The lowest BCUT2D eigenvalue weighted by molar-refractivity contribution is -0.123. The van der Waals surface area contributed by atoms with E-state index in [0.29, 0.717) is 17.8 Å². The van der Waals surface area contributed by atoms with Gasteiger partial charge in [-0.15, -0.1) is 0 Å². The zero-order chi connectivity index (χ0) is 18.8. The average molecular weight is 356 g/mol. The first-order chi connectivity index (χ1) is 12.6. The highest BCUT2D eigenvalue weighted by atomic mass is 16.5. The van der Waals surface area contributed by atoms with E-state index >= 15 is 0 Å². The van der Waals surface area contributed by atoms with Gasteiger partial charge in [-0.3, -0.25) is 4.79 Å². The largest absolute Gasteiger partial charge is 0.482 e. The molecule has 0 aromatic heterocycles. The van der Waals surface area contributed by atoms with Crippen LogP contribution in [-0.4, -0.2) is 25.0 Å². The number of anilines is 1. The lowest BCUT2D eigenvalue weighted by Gasteiger charge is -2.11. The molecule has 0 unspecified atom stereocenters. The monoisotopic (exact) mass is 356 g/mol.